The second-order valence-electron chi connectivity index (χ2n) is 4.60. The highest BCUT2D eigenvalue weighted by Crippen LogP contribution is 2.19. The van der Waals surface area contributed by atoms with Crippen LogP contribution < -0.4 is 4.74 Å². The van der Waals surface area contributed by atoms with Crippen molar-refractivity contribution in [1.82, 2.24) is 0 Å². The molecule has 0 atom stereocenters. The summed E-state index contributed by atoms with van der Waals surface area (Å²) < 4.78 is 28.1. The maximum absolute atomic E-state index is 12.2. The van der Waals surface area contributed by atoms with Gasteiger partial charge in [-0.05, 0) is 48.5 Å². The van der Waals surface area contributed by atoms with Crippen LogP contribution in [0.3, 0.4) is 0 Å². The van der Waals surface area contributed by atoms with Crippen molar-refractivity contribution in [2.45, 2.75) is 4.90 Å². The Morgan fingerprint density at radius 3 is 2.09 bits per heavy atom. The van der Waals surface area contributed by atoms with Crippen LogP contribution >= 0.6 is 11.6 Å². The molecule has 0 bridgehead atoms. The van der Waals surface area contributed by atoms with Gasteiger partial charge in [0.25, 0.3) is 0 Å². The number of Topliss-reactive ketones (excluding diaryl/α,β-unsaturated/α-hetero) is 1. The number of sulfone groups is 1. The van der Waals surface area contributed by atoms with E-state index >= 15 is 0 Å². The quantitative estimate of drug-likeness (QED) is 0.476. The number of hydrogen-bond donors (Lipinski definition) is 0. The number of hydrogen-bond acceptors (Lipinski definition) is 4. The molecule has 0 saturated carbocycles. The fourth-order valence-electron chi connectivity index (χ4n) is 1.71. The van der Waals surface area contributed by atoms with Gasteiger partial charge in [0.05, 0.1) is 4.90 Å². The molecule has 0 radical (unpaired) electrons. The Labute approximate surface area is 133 Å². The Morgan fingerprint density at radius 1 is 1.05 bits per heavy atom. The van der Waals surface area contributed by atoms with E-state index in [1.54, 1.807) is 24.3 Å². The molecule has 0 unspecified atom stereocenters. The zero-order valence-electron chi connectivity index (χ0n) is 11.7. The summed E-state index contributed by atoms with van der Waals surface area (Å²) in [5, 5.41) is 0.556. The van der Waals surface area contributed by atoms with Gasteiger partial charge in [0.2, 0.25) is 5.78 Å². The number of benzene rings is 2. The third kappa shape index (κ3) is 3.96. The number of carbonyl (C=O) groups is 1. The Balaban J connectivity index is 2.13. The second-order valence-corrected chi connectivity index (χ2v) is 7.06. The van der Waals surface area contributed by atoms with Crippen LogP contribution in [0, 0.1) is 0 Å². The smallest absolute Gasteiger partial charge is 0.227 e. The van der Waals surface area contributed by atoms with E-state index < -0.39 is 15.6 Å². The first-order chi connectivity index (χ1) is 10.3. The molecule has 22 heavy (non-hydrogen) atoms. The SMILES string of the molecule is C=C(Oc1ccc(Cl)cc1)C(=O)c1ccc(S(C)(=O)=O)cc1. The minimum atomic E-state index is -3.30. The van der Waals surface area contributed by atoms with Crippen LogP contribution in [0.15, 0.2) is 65.8 Å². The molecule has 2 rings (SSSR count). The van der Waals surface area contributed by atoms with Crippen LogP contribution in [0.1, 0.15) is 10.4 Å². The second kappa shape index (κ2) is 6.34. The minimum Gasteiger partial charge on any atom is -0.454 e. The summed E-state index contributed by atoms with van der Waals surface area (Å²) in [6, 6.07) is 12.1. The number of allylic oxidation sites excluding steroid dienone is 1. The van der Waals surface area contributed by atoms with Gasteiger partial charge in [-0.15, -0.1) is 0 Å². The van der Waals surface area contributed by atoms with Crippen molar-refractivity contribution in [3.63, 3.8) is 0 Å². The van der Waals surface area contributed by atoms with Gasteiger partial charge in [0, 0.05) is 16.8 Å². The number of ether oxygens (including phenoxy) is 1. The van der Waals surface area contributed by atoms with E-state index in [2.05, 4.69) is 6.58 Å². The lowest BCUT2D eigenvalue weighted by molar-refractivity contribution is 0.0987. The lowest BCUT2D eigenvalue weighted by Gasteiger charge is -2.08. The van der Waals surface area contributed by atoms with E-state index in [4.69, 9.17) is 16.3 Å². The molecule has 0 aliphatic carbocycles. The lowest BCUT2D eigenvalue weighted by Crippen LogP contribution is -2.08. The molecule has 0 saturated heterocycles. The van der Waals surface area contributed by atoms with Gasteiger partial charge in [-0.3, -0.25) is 4.79 Å². The van der Waals surface area contributed by atoms with Crippen molar-refractivity contribution in [2.24, 2.45) is 0 Å². The van der Waals surface area contributed by atoms with Crippen molar-refractivity contribution in [3.8, 4) is 5.75 Å². The Morgan fingerprint density at radius 2 is 1.59 bits per heavy atom. The van der Waals surface area contributed by atoms with Gasteiger partial charge in [-0.25, -0.2) is 8.42 Å². The monoisotopic (exact) mass is 336 g/mol. The van der Waals surface area contributed by atoms with E-state index in [-0.39, 0.29) is 10.7 Å². The van der Waals surface area contributed by atoms with E-state index in [9.17, 15) is 13.2 Å². The van der Waals surface area contributed by atoms with Gasteiger partial charge < -0.3 is 4.74 Å². The van der Waals surface area contributed by atoms with Crippen molar-refractivity contribution >= 4 is 27.2 Å². The first-order valence-corrected chi connectivity index (χ1v) is 8.51. The molecule has 114 valence electrons. The average Bonchev–Trinajstić information content (AvgIpc) is 2.48. The lowest BCUT2D eigenvalue weighted by atomic mass is 10.1. The normalized spacial score (nSPS) is 11.0. The van der Waals surface area contributed by atoms with Gasteiger partial charge in [-0.2, -0.15) is 0 Å². The van der Waals surface area contributed by atoms with Gasteiger partial charge in [0.1, 0.15) is 5.75 Å². The van der Waals surface area contributed by atoms with Crippen LogP contribution in [-0.2, 0) is 9.84 Å². The first kappa shape index (κ1) is 16.3. The van der Waals surface area contributed by atoms with Gasteiger partial charge in [-0.1, -0.05) is 18.2 Å². The molecule has 0 aliphatic heterocycles. The molecule has 6 heteroatoms. The van der Waals surface area contributed by atoms with Crippen molar-refractivity contribution < 1.29 is 17.9 Å². The minimum absolute atomic E-state index is 0.0607. The summed E-state index contributed by atoms with van der Waals surface area (Å²) in [4.78, 5) is 12.3. The third-order valence-electron chi connectivity index (χ3n) is 2.85. The maximum Gasteiger partial charge on any atom is 0.227 e. The van der Waals surface area contributed by atoms with E-state index in [1.807, 2.05) is 0 Å². The summed E-state index contributed by atoms with van der Waals surface area (Å²) >= 11 is 5.76. The van der Waals surface area contributed by atoms with Crippen LogP contribution in [-0.4, -0.2) is 20.5 Å². The highest BCUT2D eigenvalue weighted by Gasteiger charge is 2.14. The van der Waals surface area contributed by atoms with Crippen LogP contribution in [0.2, 0.25) is 5.02 Å². The fourth-order valence-corrected chi connectivity index (χ4v) is 2.46. The molecule has 2 aromatic rings. The standard InChI is InChI=1S/C16H13ClO4S/c1-11(21-14-7-5-13(17)6-8-14)16(18)12-3-9-15(10-4-12)22(2,19)20/h3-10H,1H2,2H3. The third-order valence-corrected chi connectivity index (χ3v) is 4.23. The number of carbonyl (C=O) groups excluding carboxylic acids is 1. The maximum atomic E-state index is 12.2. The molecule has 0 aliphatic rings. The molecule has 0 fully saturated rings. The van der Waals surface area contributed by atoms with Gasteiger partial charge >= 0.3 is 0 Å². The Kier molecular flexibility index (Phi) is 4.68. The average molecular weight is 337 g/mol. The van der Waals surface area contributed by atoms with Crippen molar-refractivity contribution in [3.05, 3.63) is 71.5 Å². The van der Waals surface area contributed by atoms with E-state index in [0.29, 0.717) is 16.3 Å². The molecular formula is C16H13ClO4S. The molecule has 0 heterocycles. The molecule has 0 spiro atoms. The number of ketones is 1. The highest BCUT2D eigenvalue weighted by molar-refractivity contribution is 7.90. The zero-order valence-corrected chi connectivity index (χ0v) is 13.3. The molecule has 4 nitrogen and oxygen atoms in total. The van der Waals surface area contributed by atoms with E-state index in [1.165, 1.54) is 24.3 Å². The molecule has 0 N–H and O–H groups in total. The fraction of sp³-hybridized carbons (Fsp3) is 0.0625. The summed E-state index contributed by atoms with van der Waals surface area (Å²) in [5.74, 6) is -0.0417. The summed E-state index contributed by atoms with van der Waals surface area (Å²) in [5.41, 5.74) is 0.298. The Hall–Kier alpha value is -2.11. The summed E-state index contributed by atoms with van der Waals surface area (Å²) in [7, 11) is -3.30. The van der Waals surface area contributed by atoms with Crippen molar-refractivity contribution in [1.29, 1.82) is 0 Å². The molecule has 0 amide bonds. The molecular weight excluding hydrogens is 324 g/mol. The van der Waals surface area contributed by atoms with E-state index in [0.717, 1.165) is 6.26 Å². The number of rotatable bonds is 5. The first-order valence-electron chi connectivity index (χ1n) is 6.24. The van der Waals surface area contributed by atoms with Gasteiger partial charge in [0.15, 0.2) is 15.6 Å². The van der Waals surface area contributed by atoms with Crippen LogP contribution in [0.25, 0.3) is 0 Å². The largest absolute Gasteiger partial charge is 0.454 e. The summed E-state index contributed by atoms with van der Waals surface area (Å²) in [6.07, 6.45) is 1.10. The van der Waals surface area contributed by atoms with Crippen LogP contribution in [0.4, 0.5) is 0 Å². The zero-order chi connectivity index (χ0) is 16.3. The predicted octanol–water partition coefficient (Wildman–Crippen LogP) is 3.52. The predicted molar refractivity (Wildman–Crippen MR) is 85.1 cm³/mol. The Bertz CT molecular complexity index is 806. The summed E-state index contributed by atoms with van der Waals surface area (Å²) in [6.45, 7) is 3.60. The topological polar surface area (TPSA) is 60.4 Å². The van der Waals surface area contributed by atoms with Crippen LogP contribution in [0.5, 0.6) is 5.75 Å². The number of halogens is 1. The van der Waals surface area contributed by atoms with Crippen molar-refractivity contribution in [2.75, 3.05) is 6.26 Å². The highest BCUT2D eigenvalue weighted by atomic mass is 35.5. The molecule has 2 aromatic carbocycles. The molecule has 0 aromatic heterocycles.